The van der Waals surface area contributed by atoms with Crippen LogP contribution >= 0.6 is 0 Å². The first-order valence-corrected chi connectivity index (χ1v) is 5.30. The van der Waals surface area contributed by atoms with Crippen molar-refractivity contribution < 1.29 is 19.1 Å². The molecule has 0 radical (unpaired) electrons. The summed E-state index contributed by atoms with van der Waals surface area (Å²) in [6.07, 6.45) is 4.35. The Bertz CT molecular complexity index is 239. The smallest absolute Gasteiger partial charge is 0.330 e. The lowest BCUT2D eigenvalue weighted by molar-refractivity contribution is -0.137. The summed E-state index contributed by atoms with van der Waals surface area (Å²) in [4.78, 5) is 20.6. The molecule has 0 aromatic carbocycles. The summed E-state index contributed by atoms with van der Waals surface area (Å²) < 4.78 is 9.21. The minimum absolute atomic E-state index is 0.216. The number of esters is 1. The predicted octanol–water partition coefficient (Wildman–Crippen LogP) is 1.41. The molecule has 5 nitrogen and oxygen atoms in total. The van der Waals surface area contributed by atoms with Gasteiger partial charge in [0.25, 0.3) is 0 Å². The van der Waals surface area contributed by atoms with E-state index >= 15 is 0 Å². The van der Waals surface area contributed by atoms with E-state index in [-0.39, 0.29) is 18.6 Å². The molecule has 1 amide bonds. The van der Waals surface area contributed by atoms with Crippen molar-refractivity contribution in [2.24, 2.45) is 0 Å². The second kappa shape index (κ2) is 14.4. The number of amides is 1. The molecule has 0 aromatic rings. The van der Waals surface area contributed by atoms with Crippen molar-refractivity contribution in [3.8, 4) is 0 Å². The van der Waals surface area contributed by atoms with Gasteiger partial charge in [-0.05, 0) is 12.5 Å². The molecular weight excluding hydrogens is 222 g/mol. The highest BCUT2D eigenvalue weighted by atomic mass is 16.5. The summed E-state index contributed by atoms with van der Waals surface area (Å²) in [6, 6.07) is 0. The van der Waals surface area contributed by atoms with Crippen molar-refractivity contribution in [1.82, 2.24) is 5.32 Å². The van der Waals surface area contributed by atoms with E-state index in [9.17, 15) is 9.59 Å². The molecule has 0 unspecified atom stereocenters. The second-order valence-corrected chi connectivity index (χ2v) is 2.90. The van der Waals surface area contributed by atoms with Gasteiger partial charge in [0, 0.05) is 13.2 Å². The van der Waals surface area contributed by atoms with E-state index in [0.717, 1.165) is 12.8 Å². The van der Waals surface area contributed by atoms with E-state index in [4.69, 9.17) is 0 Å². The highest BCUT2D eigenvalue weighted by molar-refractivity contribution is 5.86. The quantitative estimate of drug-likeness (QED) is 0.318. The first-order valence-electron chi connectivity index (χ1n) is 5.30. The highest BCUT2D eigenvalue weighted by Gasteiger charge is 1.91. The zero-order valence-corrected chi connectivity index (χ0v) is 10.5. The summed E-state index contributed by atoms with van der Waals surface area (Å²) in [5, 5.41) is 2.40. The molecule has 0 rings (SSSR count). The van der Waals surface area contributed by atoms with Gasteiger partial charge in [0.15, 0.2) is 0 Å². The molecule has 0 aliphatic heterocycles. The Balaban J connectivity index is 0. The molecular formula is C12H21NO4. The van der Waals surface area contributed by atoms with Crippen molar-refractivity contribution in [1.29, 1.82) is 0 Å². The molecule has 0 fully saturated rings. The number of carbonyl (C=O) groups is 2. The molecule has 17 heavy (non-hydrogen) atoms. The fourth-order valence-electron chi connectivity index (χ4n) is 0.591. The number of nitrogens with one attached hydrogen (secondary N) is 1. The largest absolute Gasteiger partial charge is 0.463 e. The van der Waals surface area contributed by atoms with E-state index in [1.165, 1.54) is 19.3 Å². The van der Waals surface area contributed by atoms with Gasteiger partial charge in [-0.2, -0.15) is 0 Å². The molecule has 0 saturated heterocycles. The van der Waals surface area contributed by atoms with Crippen molar-refractivity contribution in [2.75, 3.05) is 20.4 Å². The van der Waals surface area contributed by atoms with Gasteiger partial charge in [-0.15, -0.1) is 0 Å². The van der Waals surface area contributed by atoms with Crippen LogP contribution < -0.4 is 5.32 Å². The Morgan fingerprint density at radius 2 is 1.94 bits per heavy atom. The fourth-order valence-corrected chi connectivity index (χ4v) is 0.591. The SMILES string of the molecule is C=CC(=O)NCOC.C=CC(=O)OCCCC. The minimum Gasteiger partial charge on any atom is -0.463 e. The van der Waals surface area contributed by atoms with E-state index in [2.05, 4.69) is 27.9 Å². The van der Waals surface area contributed by atoms with Gasteiger partial charge in [0.2, 0.25) is 5.91 Å². The predicted molar refractivity (Wildman–Crippen MR) is 66.3 cm³/mol. The van der Waals surface area contributed by atoms with Crippen molar-refractivity contribution in [3.05, 3.63) is 25.3 Å². The standard InChI is InChI=1S/C7H12O2.C5H9NO2/c1-3-5-6-9-7(8)4-2;1-3-5(7)6-4-8-2/h4H,2-3,5-6H2,1H3;3H,1,4H2,2H3,(H,6,7). The van der Waals surface area contributed by atoms with Gasteiger partial charge in [-0.3, -0.25) is 4.79 Å². The molecule has 0 atom stereocenters. The van der Waals surface area contributed by atoms with Crippen LogP contribution in [-0.4, -0.2) is 32.3 Å². The second-order valence-electron chi connectivity index (χ2n) is 2.90. The lowest BCUT2D eigenvalue weighted by Crippen LogP contribution is -2.22. The number of rotatable bonds is 7. The van der Waals surface area contributed by atoms with Crippen molar-refractivity contribution in [3.63, 3.8) is 0 Å². The van der Waals surface area contributed by atoms with Crippen LogP contribution in [-0.2, 0) is 19.1 Å². The molecule has 0 bridgehead atoms. The van der Waals surface area contributed by atoms with E-state index < -0.39 is 0 Å². The molecule has 0 saturated carbocycles. The number of carbonyl (C=O) groups excluding carboxylic acids is 2. The first kappa shape index (κ1) is 17.8. The zero-order chi connectivity index (χ0) is 13.5. The summed E-state index contributed by atoms with van der Waals surface area (Å²) in [5.74, 6) is -0.546. The molecule has 98 valence electrons. The van der Waals surface area contributed by atoms with Gasteiger partial charge in [0.1, 0.15) is 6.73 Å². The van der Waals surface area contributed by atoms with Crippen LogP contribution in [0.2, 0.25) is 0 Å². The van der Waals surface area contributed by atoms with Crippen molar-refractivity contribution in [2.45, 2.75) is 19.8 Å². The van der Waals surface area contributed by atoms with Crippen LogP contribution in [0.5, 0.6) is 0 Å². The van der Waals surface area contributed by atoms with Crippen LogP contribution in [0.4, 0.5) is 0 Å². The van der Waals surface area contributed by atoms with E-state index in [1.54, 1.807) is 0 Å². The Morgan fingerprint density at radius 1 is 1.29 bits per heavy atom. The fraction of sp³-hybridized carbons (Fsp3) is 0.500. The third kappa shape index (κ3) is 17.0. The van der Waals surface area contributed by atoms with Crippen LogP contribution in [0.1, 0.15) is 19.8 Å². The van der Waals surface area contributed by atoms with Crippen LogP contribution in [0.15, 0.2) is 25.3 Å². The molecule has 0 aliphatic carbocycles. The Morgan fingerprint density at radius 3 is 2.35 bits per heavy atom. The lowest BCUT2D eigenvalue weighted by Gasteiger charge is -1.97. The molecule has 0 spiro atoms. The zero-order valence-electron chi connectivity index (χ0n) is 10.5. The van der Waals surface area contributed by atoms with E-state index in [0.29, 0.717) is 6.61 Å². The van der Waals surface area contributed by atoms with Gasteiger partial charge < -0.3 is 14.8 Å². The third-order valence-electron chi connectivity index (χ3n) is 1.49. The highest BCUT2D eigenvalue weighted by Crippen LogP contribution is 1.88. The van der Waals surface area contributed by atoms with Gasteiger partial charge >= 0.3 is 5.97 Å². The van der Waals surface area contributed by atoms with Gasteiger partial charge in [-0.1, -0.05) is 26.5 Å². The third-order valence-corrected chi connectivity index (χ3v) is 1.49. The summed E-state index contributed by atoms with van der Waals surface area (Å²) in [5.41, 5.74) is 0. The van der Waals surface area contributed by atoms with Crippen molar-refractivity contribution >= 4 is 11.9 Å². The van der Waals surface area contributed by atoms with Crippen LogP contribution in [0, 0.1) is 0 Å². The van der Waals surface area contributed by atoms with E-state index in [1.807, 2.05) is 6.92 Å². The maximum absolute atomic E-state index is 10.3. The number of methoxy groups -OCH3 is 1. The maximum Gasteiger partial charge on any atom is 0.330 e. The summed E-state index contributed by atoms with van der Waals surface area (Å²) in [6.45, 7) is 9.31. The number of hydrogen-bond acceptors (Lipinski definition) is 4. The maximum atomic E-state index is 10.3. The number of hydrogen-bond donors (Lipinski definition) is 1. The Kier molecular flexibility index (Phi) is 15.0. The molecule has 0 heterocycles. The monoisotopic (exact) mass is 243 g/mol. The molecule has 5 heteroatoms. The summed E-state index contributed by atoms with van der Waals surface area (Å²) in [7, 11) is 1.50. The lowest BCUT2D eigenvalue weighted by atomic mass is 10.4. The van der Waals surface area contributed by atoms with Crippen LogP contribution in [0.3, 0.4) is 0 Å². The average molecular weight is 243 g/mol. The number of ether oxygens (including phenoxy) is 2. The van der Waals surface area contributed by atoms with Gasteiger partial charge in [-0.25, -0.2) is 4.79 Å². The first-order chi connectivity index (χ1) is 8.12. The topological polar surface area (TPSA) is 64.6 Å². The minimum atomic E-state index is -0.330. The summed E-state index contributed by atoms with van der Waals surface area (Å²) >= 11 is 0. The van der Waals surface area contributed by atoms with Gasteiger partial charge in [0.05, 0.1) is 6.61 Å². The molecule has 0 aliphatic rings. The molecule has 0 aromatic heterocycles. The Labute approximate surface area is 102 Å². The average Bonchev–Trinajstić information content (AvgIpc) is 2.36. The molecule has 1 N–H and O–H groups in total. The van der Waals surface area contributed by atoms with Crippen LogP contribution in [0.25, 0.3) is 0 Å². The number of unbranched alkanes of at least 4 members (excludes halogenated alkanes) is 1. The Hall–Kier alpha value is -1.62. The normalized spacial score (nSPS) is 8.35.